The zero-order valence-corrected chi connectivity index (χ0v) is 18.4. The number of nitrogens with zero attached hydrogens (tertiary/aromatic N) is 6. The quantitative estimate of drug-likeness (QED) is 0.431. The van der Waals surface area contributed by atoms with E-state index in [0.29, 0.717) is 0 Å². The van der Waals surface area contributed by atoms with E-state index in [-0.39, 0.29) is 0 Å². The molecule has 32 heavy (non-hydrogen) atoms. The molecule has 4 aromatic rings. The van der Waals surface area contributed by atoms with Crippen molar-refractivity contribution in [2.45, 2.75) is 13.1 Å². The molecule has 0 N–H and O–H groups in total. The predicted octanol–water partition coefficient (Wildman–Crippen LogP) is 3.73. The van der Waals surface area contributed by atoms with Crippen molar-refractivity contribution in [1.29, 1.82) is 0 Å². The zero-order chi connectivity index (χ0) is 21.6. The van der Waals surface area contributed by atoms with Crippen molar-refractivity contribution in [3.8, 4) is 22.3 Å². The smallest absolute Gasteiger partial charge is 0.0568 e. The first kappa shape index (κ1) is 20.7. The Hall–Kier alpha value is -3.22. The molecule has 2 aromatic carbocycles. The van der Waals surface area contributed by atoms with E-state index in [4.69, 9.17) is 0 Å². The Labute approximate surface area is 189 Å². The second-order valence-electron chi connectivity index (χ2n) is 8.40. The lowest BCUT2D eigenvalue weighted by Crippen LogP contribution is -2.47. The van der Waals surface area contributed by atoms with Crippen molar-refractivity contribution < 1.29 is 0 Å². The molecule has 0 saturated carbocycles. The summed E-state index contributed by atoms with van der Waals surface area (Å²) in [6.45, 7) is 8.40. The van der Waals surface area contributed by atoms with Gasteiger partial charge in [0.1, 0.15) is 0 Å². The van der Waals surface area contributed by atoms with Crippen molar-refractivity contribution in [2.75, 3.05) is 39.3 Å². The van der Waals surface area contributed by atoms with Crippen LogP contribution >= 0.6 is 0 Å². The molecule has 0 radical (unpaired) electrons. The van der Waals surface area contributed by atoms with Crippen LogP contribution in [0.25, 0.3) is 22.3 Å². The van der Waals surface area contributed by atoms with Crippen LogP contribution in [0.4, 0.5) is 0 Å². The molecule has 1 aliphatic rings. The van der Waals surface area contributed by atoms with Gasteiger partial charge in [0.05, 0.1) is 25.5 Å². The van der Waals surface area contributed by atoms with E-state index < -0.39 is 0 Å². The van der Waals surface area contributed by atoms with Crippen molar-refractivity contribution in [2.24, 2.45) is 0 Å². The molecule has 0 atom stereocenters. The molecule has 1 saturated heterocycles. The Morgan fingerprint density at radius 3 is 1.31 bits per heavy atom. The van der Waals surface area contributed by atoms with E-state index >= 15 is 0 Å². The Balaban J connectivity index is 1.04. The summed E-state index contributed by atoms with van der Waals surface area (Å²) < 4.78 is 4.13. The minimum atomic E-state index is 0.933. The van der Waals surface area contributed by atoms with Crippen LogP contribution in [0.3, 0.4) is 0 Å². The predicted molar refractivity (Wildman–Crippen MR) is 128 cm³/mol. The van der Waals surface area contributed by atoms with Crippen molar-refractivity contribution in [3.05, 3.63) is 85.5 Å². The highest BCUT2D eigenvalue weighted by atomic mass is 15.3. The summed E-state index contributed by atoms with van der Waals surface area (Å²) in [4.78, 5) is 5.09. The number of benzene rings is 2. The summed E-state index contributed by atoms with van der Waals surface area (Å²) in [6, 6.07) is 20.9. The Kier molecular flexibility index (Phi) is 6.42. The lowest BCUT2D eigenvalue weighted by molar-refractivity contribution is 0.124. The second-order valence-corrected chi connectivity index (χ2v) is 8.40. The van der Waals surface area contributed by atoms with Gasteiger partial charge in [0, 0.05) is 62.8 Å². The first-order chi connectivity index (χ1) is 15.8. The first-order valence-corrected chi connectivity index (χ1v) is 11.4. The molecule has 0 bridgehead atoms. The van der Waals surface area contributed by atoms with Gasteiger partial charge in [-0.25, -0.2) is 0 Å². The summed E-state index contributed by atoms with van der Waals surface area (Å²) in [6.07, 6.45) is 8.23. The Bertz CT molecular complexity index is 1000. The van der Waals surface area contributed by atoms with Crippen LogP contribution in [0.1, 0.15) is 0 Å². The zero-order valence-electron chi connectivity index (χ0n) is 18.4. The van der Waals surface area contributed by atoms with Crippen LogP contribution in [-0.2, 0) is 13.1 Å². The Morgan fingerprint density at radius 2 is 0.906 bits per heavy atom. The van der Waals surface area contributed by atoms with E-state index in [1.165, 1.54) is 22.3 Å². The molecule has 0 unspecified atom stereocenters. The van der Waals surface area contributed by atoms with Crippen LogP contribution in [0.5, 0.6) is 0 Å². The molecule has 6 heteroatoms. The van der Waals surface area contributed by atoms with Gasteiger partial charge in [-0.3, -0.25) is 19.2 Å². The standard InChI is InChI=1S/C26H30N6/c1-3-7-23(8-4-1)25-19-27-31(21-25)17-15-29-11-13-30(14-12-29)16-18-32-22-26(20-28-32)24-9-5-2-6-10-24/h1-10,19-22H,11-18H2. The minimum absolute atomic E-state index is 0.933. The summed E-state index contributed by atoms with van der Waals surface area (Å²) in [5.41, 5.74) is 4.81. The van der Waals surface area contributed by atoms with E-state index in [1.54, 1.807) is 0 Å². The first-order valence-electron chi connectivity index (χ1n) is 11.4. The average Bonchev–Trinajstić information content (AvgIpc) is 3.53. The molecule has 0 spiro atoms. The number of hydrogen-bond donors (Lipinski definition) is 0. The van der Waals surface area contributed by atoms with Gasteiger partial charge in [0.15, 0.2) is 0 Å². The van der Waals surface area contributed by atoms with E-state index in [9.17, 15) is 0 Å². The van der Waals surface area contributed by atoms with Crippen molar-refractivity contribution in [3.63, 3.8) is 0 Å². The number of rotatable bonds is 8. The van der Waals surface area contributed by atoms with Gasteiger partial charge in [-0.15, -0.1) is 0 Å². The summed E-state index contributed by atoms with van der Waals surface area (Å²) >= 11 is 0. The highest BCUT2D eigenvalue weighted by molar-refractivity contribution is 5.61. The summed E-state index contributed by atoms with van der Waals surface area (Å²) in [5, 5.41) is 9.10. The molecule has 1 fully saturated rings. The molecule has 164 valence electrons. The maximum atomic E-state index is 4.55. The Morgan fingerprint density at radius 1 is 0.500 bits per heavy atom. The van der Waals surface area contributed by atoms with Gasteiger partial charge in [-0.2, -0.15) is 10.2 Å². The second kappa shape index (κ2) is 9.94. The van der Waals surface area contributed by atoms with Gasteiger partial charge in [0.2, 0.25) is 0 Å². The fourth-order valence-electron chi connectivity index (χ4n) is 4.26. The molecular weight excluding hydrogens is 396 g/mol. The van der Waals surface area contributed by atoms with E-state index in [0.717, 1.165) is 52.4 Å². The fraction of sp³-hybridized carbons (Fsp3) is 0.308. The third kappa shape index (κ3) is 5.15. The molecule has 0 amide bonds. The number of hydrogen-bond acceptors (Lipinski definition) is 4. The molecule has 0 aliphatic carbocycles. The summed E-state index contributed by atoms with van der Waals surface area (Å²) in [5.74, 6) is 0. The summed E-state index contributed by atoms with van der Waals surface area (Å²) in [7, 11) is 0. The normalized spacial score (nSPS) is 15.2. The topological polar surface area (TPSA) is 42.1 Å². The van der Waals surface area contributed by atoms with Crippen molar-refractivity contribution in [1.82, 2.24) is 29.4 Å². The van der Waals surface area contributed by atoms with Gasteiger partial charge in [-0.05, 0) is 11.1 Å². The van der Waals surface area contributed by atoms with Gasteiger partial charge >= 0.3 is 0 Å². The SMILES string of the molecule is c1ccc(-c2cnn(CCN3CCN(CCn4cc(-c5ccccc5)cn4)CC3)c2)cc1. The highest BCUT2D eigenvalue weighted by Gasteiger charge is 2.16. The van der Waals surface area contributed by atoms with Gasteiger partial charge in [0.25, 0.3) is 0 Å². The van der Waals surface area contributed by atoms with Gasteiger partial charge < -0.3 is 0 Å². The molecule has 3 heterocycles. The molecular formula is C26H30N6. The van der Waals surface area contributed by atoms with Crippen LogP contribution in [0, 0.1) is 0 Å². The third-order valence-electron chi connectivity index (χ3n) is 6.24. The largest absolute Gasteiger partial charge is 0.299 e. The maximum absolute atomic E-state index is 4.55. The third-order valence-corrected chi connectivity index (χ3v) is 6.24. The van der Waals surface area contributed by atoms with E-state index in [1.807, 2.05) is 24.5 Å². The monoisotopic (exact) mass is 426 g/mol. The van der Waals surface area contributed by atoms with Crippen LogP contribution < -0.4 is 0 Å². The molecule has 5 rings (SSSR count). The number of piperazine rings is 1. The van der Waals surface area contributed by atoms with Gasteiger partial charge in [-0.1, -0.05) is 60.7 Å². The van der Waals surface area contributed by atoms with Crippen molar-refractivity contribution >= 4 is 0 Å². The maximum Gasteiger partial charge on any atom is 0.0568 e. The lowest BCUT2D eigenvalue weighted by Gasteiger charge is -2.34. The highest BCUT2D eigenvalue weighted by Crippen LogP contribution is 2.18. The molecule has 6 nitrogen and oxygen atoms in total. The van der Waals surface area contributed by atoms with Crippen LogP contribution in [0.2, 0.25) is 0 Å². The lowest BCUT2D eigenvalue weighted by atomic mass is 10.1. The average molecular weight is 427 g/mol. The molecule has 2 aromatic heterocycles. The molecule has 1 aliphatic heterocycles. The van der Waals surface area contributed by atoms with Crippen LogP contribution in [0.15, 0.2) is 85.5 Å². The minimum Gasteiger partial charge on any atom is -0.299 e. The van der Waals surface area contributed by atoms with Crippen LogP contribution in [-0.4, -0.2) is 68.6 Å². The fourth-order valence-corrected chi connectivity index (χ4v) is 4.26. The number of aromatic nitrogens is 4. The van der Waals surface area contributed by atoms with E-state index in [2.05, 4.69) is 90.3 Å².